The van der Waals surface area contributed by atoms with E-state index in [0.29, 0.717) is 16.8 Å². The van der Waals surface area contributed by atoms with Crippen molar-refractivity contribution in [3.05, 3.63) is 59.2 Å². The highest BCUT2D eigenvalue weighted by Gasteiger charge is 2.17. The first-order valence-corrected chi connectivity index (χ1v) is 9.74. The number of halogens is 2. The molecule has 2 aromatic rings. The molecule has 0 saturated heterocycles. The fraction of sp³-hybridized carbons (Fsp3) is 0.278. The lowest BCUT2D eigenvalue weighted by molar-refractivity contribution is -0.682. The Bertz CT molecular complexity index is 949. The molecule has 1 amide bonds. The van der Waals surface area contributed by atoms with E-state index in [1.165, 1.54) is 19.2 Å². The molecular formula is C18H22F2N3O3S+. The van der Waals surface area contributed by atoms with Crippen LogP contribution in [0.5, 0.6) is 0 Å². The highest BCUT2D eigenvalue weighted by molar-refractivity contribution is 7.89. The Balaban J connectivity index is 2.01. The molecule has 4 N–H and O–H groups in total. The molecule has 0 spiro atoms. The summed E-state index contributed by atoms with van der Waals surface area (Å²) in [5.41, 5.74) is 1.47. The van der Waals surface area contributed by atoms with Crippen LogP contribution in [0.4, 0.5) is 14.5 Å². The molecule has 1 atom stereocenters. The Labute approximate surface area is 157 Å². The molecule has 27 heavy (non-hydrogen) atoms. The van der Waals surface area contributed by atoms with Crippen LogP contribution in [0.25, 0.3) is 0 Å². The first-order chi connectivity index (χ1) is 12.6. The topological polar surface area (TPSA) is 91.9 Å². The molecule has 0 heterocycles. The standard InChI is InChI=1S/C18H21F2N3O3S/c1-11-4-6-14(9-17(11)27(25,26)21-3)23-18(24)10-22-12(2)13-5-7-15(19)16(20)8-13/h4-9,12,21-22H,10H2,1-3H3,(H,23,24)/p+1/t12-/m1/s1. The molecule has 0 fully saturated rings. The maximum absolute atomic E-state index is 13.3. The summed E-state index contributed by atoms with van der Waals surface area (Å²) in [6.45, 7) is 3.46. The molecule has 6 nitrogen and oxygen atoms in total. The number of amides is 1. The Morgan fingerprint density at radius 2 is 1.85 bits per heavy atom. The minimum Gasteiger partial charge on any atom is -0.333 e. The van der Waals surface area contributed by atoms with Gasteiger partial charge < -0.3 is 10.6 Å². The van der Waals surface area contributed by atoms with Crippen LogP contribution in [-0.2, 0) is 14.8 Å². The Hall–Kier alpha value is -2.36. The van der Waals surface area contributed by atoms with Crippen LogP contribution in [0.15, 0.2) is 41.3 Å². The van der Waals surface area contributed by atoms with E-state index < -0.39 is 21.7 Å². The molecule has 0 aliphatic heterocycles. The molecule has 0 radical (unpaired) electrons. The zero-order valence-corrected chi connectivity index (χ0v) is 16.0. The number of hydrogen-bond acceptors (Lipinski definition) is 3. The number of anilines is 1. The zero-order valence-electron chi connectivity index (χ0n) is 15.2. The van der Waals surface area contributed by atoms with Crippen LogP contribution in [0.1, 0.15) is 24.1 Å². The highest BCUT2D eigenvalue weighted by Crippen LogP contribution is 2.20. The van der Waals surface area contributed by atoms with Gasteiger partial charge in [0, 0.05) is 11.3 Å². The number of quaternary nitrogens is 1. The summed E-state index contributed by atoms with van der Waals surface area (Å²) in [5, 5.41) is 4.30. The lowest BCUT2D eigenvalue weighted by atomic mass is 10.1. The van der Waals surface area contributed by atoms with Gasteiger partial charge in [-0.1, -0.05) is 6.07 Å². The maximum Gasteiger partial charge on any atom is 0.279 e. The first-order valence-electron chi connectivity index (χ1n) is 8.26. The second-order valence-corrected chi connectivity index (χ2v) is 7.99. The van der Waals surface area contributed by atoms with Gasteiger partial charge in [0.1, 0.15) is 6.04 Å². The Morgan fingerprint density at radius 3 is 2.48 bits per heavy atom. The number of carbonyl (C=O) groups excluding carboxylic acids is 1. The van der Waals surface area contributed by atoms with Gasteiger partial charge >= 0.3 is 0 Å². The monoisotopic (exact) mass is 398 g/mol. The van der Waals surface area contributed by atoms with Crippen LogP contribution < -0.4 is 15.4 Å². The molecule has 0 bridgehead atoms. The van der Waals surface area contributed by atoms with Crippen LogP contribution in [0, 0.1) is 18.6 Å². The fourth-order valence-corrected chi connectivity index (χ4v) is 3.50. The molecule has 146 valence electrons. The summed E-state index contributed by atoms with van der Waals surface area (Å²) in [5.74, 6) is -2.20. The van der Waals surface area contributed by atoms with Crippen molar-refractivity contribution < 1.29 is 27.3 Å². The van der Waals surface area contributed by atoms with Gasteiger partial charge in [-0.2, -0.15) is 0 Å². The van der Waals surface area contributed by atoms with Gasteiger partial charge in [-0.3, -0.25) is 4.79 Å². The first kappa shape index (κ1) is 20.9. The van der Waals surface area contributed by atoms with Crippen molar-refractivity contribution in [2.45, 2.75) is 24.8 Å². The Kier molecular flexibility index (Phi) is 6.63. The molecule has 0 aliphatic rings. The number of aryl methyl sites for hydroxylation is 1. The van der Waals surface area contributed by atoms with E-state index in [2.05, 4.69) is 10.0 Å². The predicted octanol–water partition coefficient (Wildman–Crippen LogP) is 1.44. The lowest BCUT2D eigenvalue weighted by Crippen LogP contribution is -2.86. The van der Waals surface area contributed by atoms with Crippen LogP contribution in [0.3, 0.4) is 0 Å². The van der Waals surface area contributed by atoms with E-state index in [-0.39, 0.29) is 23.4 Å². The number of hydrogen-bond donors (Lipinski definition) is 3. The maximum atomic E-state index is 13.3. The van der Waals surface area contributed by atoms with Gasteiger partial charge in [0.15, 0.2) is 18.2 Å². The van der Waals surface area contributed by atoms with Crippen molar-refractivity contribution >= 4 is 21.6 Å². The quantitative estimate of drug-likeness (QED) is 0.659. The highest BCUT2D eigenvalue weighted by atomic mass is 32.2. The van der Waals surface area contributed by atoms with Crippen molar-refractivity contribution in [2.75, 3.05) is 18.9 Å². The van der Waals surface area contributed by atoms with Gasteiger partial charge in [0.25, 0.3) is 5.91 Å². The van der Waals surface area contributed by atoms with Crippen molar-refractivity contribution in [3.8, 4) is 0 Å². The third-order valence-corrected chi connectivity index (χ3v) is 5.71. The van der Waals surface area contributed by atoms with E-state index in [1.54, 1.807) is 31.3 Å². The molecule has 2 rings (SSSR count). The second-order valence-electron chi connectivity index (χ2n) is 6.14. The Morgan fingerprint density at radius 1 is 1.15 bits per heavy atom. The average Bonchev–Trinajstić information content (AvgIpc) is 2.63. The van der Waals surface area contributed by atoms with E-state index >= 15 is 0 Å². The molecule has 0 saturated carbocycles. The zero-order chi connectivity index (χ0) is 20.2. The fourth-order valence-electron chi connectivity index (χ4n) is 2.50. The van der Waals surface area contributed by atoms with Crippen molar-refractivity contribution in [1.29, 1.82) is 0 Å². The largest absolute Gasteiger partial charge is 0.333 e. The van der Waals surface area contributed by atoms with Gasteiger partial charge in [0.2, 0.25) is 10.0 Å². The minimum atomic E-state index is -3.63. The molecule has 9 heteroatoms. The minimum absolute atomic E-state index is 0.0299. The molecule has 0 aromatic heterocycles. The summed E-state index contributed by atoms with van der Waals surface area (Å²) in [6, 6.07) is 7.95. The van der Waals surface area contributed by atoms with Crippen molar-refractivity contribution in [2.24, 2.45) is 0 Å². The van der Waals surface area contributed by atoms with Gasteiger partial charge in [-0.15, -0.1) is 0 Å². The SMILES string of the molecule is CNS(=O)(=O)c1cc(NC(=O)C[NH2+][C@H](C)c2ccc(F)c(F)c2)ccc1C. The van der Waals surface area contributed by atoms with Crippen molar-refractivity contribution in [1.82, 2.24) is 4.72 Å². The van der Waals surface area contributed by atoms with Crippen LogP contribution in [-0.4, -0.2) is 27.9 Å². The molecular weight excluding hydrogens is 376 g/mol. The number of sulfonamides is 1. The predicted molar refractivity (Wildman–Crippen MR) is 97.6 cm³/mol. The second kappa shape index (κ2) is 8.55. The number of rotatable bonds is 7. The van der Waals surface area contributed by atoms with E-state index in [1.807, 2.05) is 0 Å². The smallest absolute Gasteiger partial charge is 0.279 e. The van der Waals surface area contributed by atoms with E-state index in [4.69, 9.17) is 0 Å². The summed E-state index contributed by atoms with van der Waals surface area (Å²) < 4.78 is 52.5. The third kappa shape index (κ3) is 5.31. The van der Waals surface area contributed by atoms with Crippen molar-refractivity contribution in [3.63, 3.8) is 0 Å². The summed E-state index contributed by atoms with van der Waals surface area (Å²) >= 11 is 0. The van der Waals surface area contributed by atoms with Gasteiger partial charge in [-0.25, -0.2) is 21.9 Å². The number of nitrogens with one attached hydrogen (secondary N) is 2. The van der Waals surface area contributed by atoms with Crippen LogP contribution >= 0.6 is 0 Å². The van der Waals surface area contributed by atoms with Crippen LogP contribution in [0.2, 0.25) is 0 Å². The molecule has 0 unspecified atom stereocenters. The normalized spacial score (nSPS) is 12.6. The molecule has 0 aliphatic carbocycles. The average molecular weight is 398 g/mol. The number of nitrogens with two attached hydrogens (primary N) is 1. The van der Waals surface area contributed by atoms with E-state index in [9.17, 15) is 22.0 Å². The number of benzene rings is 2. The van der Waals surface area contributed by atoms with Gasteiger partial charge in [-0.05, 0) is 56.8 Å². The molecule has 2 aromatic carbocycles. The third-order valence-electron chi connectivity index (χ3n) is 4.16. The van der Waals surface area contributed by atoms with E-state index in [0.717, 1.165) is 12.1 Å². The van der Waals surface area contributed by atoms with Gasteiger partial charge in [0.05, 0.1) is 4.90 Å². The summed E-state index contributed by atoms with van der Waals surface area (Å²) in [7, 11) is -2.32. The lowest BCUT2D eigenvalue weighted by Gasteiger charge is -2.13. The summed E-state index contributed by atoms with van der Waals surface area (Å²) in [6.07, 6.45) is 0. The summed E-state index contributed by atoms with van der Waals surface area (Å²) in [4.78, 5) is 12.2. The number of carbonyl (C=O) groups is 1.